The summed E-state index contributed by atoms with van der Waals surface area (Å²) in [5, 5.41) is 0. The van der Waals surface area contributed by atoms with Gasteiger partial charge in [0, 0.05) is 25.2 Å². The Kier molecular flexibility index (Phi) is 4.46. The molecule has 0 aliphatic heterocycles. The second-order valence-electron chi connectivity index (χ2n) is 4.67. The van der Waals surface area contributed by atoms with Crippen molar-refractivity contribution in [3.05, 3.63) is 29.3 Å². The average molecular weight is 242 g/mol. The lowest BCUT2D eigenvalue weighted by molar-refractivity contribution is 0.474. The zero-order chi connectivity index (χ0) is 13.2. The van der Waals surface area contributed by atoms with Crippen LogP contribution in [-0.2, 0) is 6.54 Å². The number of benzene rings is 1. The van der Waals surface area contributed by atoms with E-state index < -0.39 is 11.6 Å². The molecule has 0 aliphatic rings. The van der Waals surface area contributed by atoms with Gasteiger partial charge in [-0.2, -0.15) is 0 Å². The van der Waals surface area contributed by atoms with E-state index in [2.05, 4.69) is 0 Å². The third kappa shape index (κ3) is 2.75. The lowest BCUT2D eigenvalue weighted by atomic mass is 10.0. The van der Waals surface area contributed by atoms with Crippen LogP contribution in [0.3, 0.4) is 0 Å². The lowest BCUT2D eigenvalue weighted by Crippen LogP contribution is -2.34. The van der Waals surface area contributed by atoms with Gasteiger partial charge in [0.2, 0.25) is 0 Å². The molecule has 1 aromatic rings. The fourth-order valence-corrected chi connectivity index (χ4v) is 1.68. The van der Waals surface area contributed by atoms with Crippen LogP contribution in [0.25, 0.3) is 0 Å². The second-order valence-corrected chi connectivity index (χ2v) is 4.67. The summed E-state index contributed by atoms with van der Waals surface area (Å²) >= 11 is 0. The predicted octanol–water partition coefficient (Wildman–Crippen LogP) is 2.90. The van der Waals surface area contributed by atoms with Gasteiger partial charge >= 0.3 is 0 Å². The Morgan fingerprint density at radius 1 is 1.18 bits per heavy atom. The molecular formula is C13H20F2N2. The summed E-state index contributed by atoms with van der Waals surface area (Å²) in [5.41, 5.74) is 5.82. The molecule has 1 aromatic carbocycles. The summed E-state index contributed by atoms with van der Waals surface area (Å²) in [6, 6.07) is 3.25. The lowest BCUT2D eigenvalue weighted by Gasteiger charge is -2.30. The predicted molar refractivity (Wildman–Crippen MR) is 67.0 cm³/mol. The maximum absolute atomic E-state index is 13.9. The zero-order valence-electron chi connectivity index (χ0n) is 10.8. The maximum atomic E-state index is 13.9. The molecule has 1 unspecified atom stereocenters. The minimum absolute atomic E-state index is 0.00643. The highest BCUT2D eigenvalue weighted by atomic mass is 19.2. The summed E-state index contributed by atoms with van der Waals surface area (Å²) < 4.78 is 27.5. The van der Waals surface area contributed by atoms with E-state index in [1.807, 2.05) is 20.8 Å². The molecule has 0 spiro atoms. The topological polar surface area (TPSA) is 29.3 Å². The van der Waals surface area contributed by atoms with E-state index in [0.29, 0.717) is 5.92 Å². The van der Waals surface area contributed by atoms with Crippen molar-refractivity contribution in [3.8, 4) is 0 Å². The van der Waals surface area contributed by atoms with Crippen molar-refractivity contribution in [2.24, 2.45) is 11.7 Å². The highest BCUT2D eigenvalue weighted by molar-refractivity contribution is 5.50. The van der Waals surface area contributed by atoms with E-state index in [1.54, 1.807) is 18.0 Å². The molecule has 2 N–H and O–H groups in total. The number of anilines is 1. The Morgan fingerprint density at radius 2 is 1.76 bits per heavy atom. The standard InChI is InChI=1S/C13H20F2N2/c1-8(2)9(3)17(4)11-6-5-10(7-16)12(14)13(11)15/h5-6,8-9H,7,16H2,1-4H3. The quantitative estimate of drug-likeness (QED) is 0.879. The van der Waals surface area contributed by atoms with E-state index in [1.165, 1.54) is 6.07 Å². The second kappa shape index (κ2) is 5.45. The van der Waals surface area contributed by atoms with Crippen LogP contribution in [0.5, 0.6) is 0 Å². The van der Waals surface area contributed by atoms with Gasteiger partial charge in [0.15, 0.2) is 11.6 Å². The third-order valence-electron chi connectivity index (χ3n) is 3.32. The van der Waals surface area contributed by atoms with Crippen molar-refractivity contribution in [3.63, 3.8) is 0 Å². The van der Waals surface area contributed by atoms with Gasteiger partial charge in [0.25, 0.3) is 0 Å². The van der Waals surface area contributed by atoms with Gasteiger partial charge in [-0.15, -0.1) is 0 Å². The Balaban J connectivity index is 3.11. The molecule has 0 radical (unpaired) electrons. The Morgan fingerprint density at radius 3 is 2.24 bits per heavy atom. The van der Waals surface area contributed by atoms with E-state index >= 15 is 0 Å². The van der Waals surface area contributed by atoms with Crippen molar-refractivity contribution in [2.45, 2.75) is 33.4 Å². The van der Waals surface area contributed by atoms with Crippen LogP contribution >= 0.6 is 0 Å². The Hall–Kier alpha value is -1.16. The molecule has 17 heavy (non-hydrogen) atoms. The van der Waals surface area contributed by atoms with Gasteiger partial charge < -0.3 is 10.6 Å². The van der Waals surface area contributed by atoms with Crippen LogP contribution in [0.15, 0.2) is 12.1 Å². The molecule has 0 saturated heterocycles. The van der Waals surface area contributed by atoms with Crippen LogP contribution in [0.4, 0.5) is 14.5 Å². The van der Waals surface area contributed by atoms with Crippen LogP contribution in [-0.4, -0.2) is 13.1 Å². The number of rotatable bonds is 4. The average Bonchev–Trinajstić information content (AvgIpc) is 2.30. The Labute approximate surface area is 101 Å². The summed E-state index contributed by atoms with van der Waals surface area (Å²) in [5.74, 6) is -1.30. The molecule has 4 heteroatoms. The summed E-state index contributed by atoms with van der Waals surface area (Å²) in [4.78, 5) is 1.75. The molecule has 0 amide bonds. The number of halogens is 2. The van der Waals surface area contributed by atoms with Gasteiger partial charge in [-0.3, -0.25) is 0 Å². The molecule has 0 heterocycles. The van der Waals surface area contributed by atoms with Crippen molar-refractivity contribution >= 4 is 5.69 Å². The first-order valence-corrected chi connectivity index (χ1v) is 5.79. The fourth-order valence-electron chi connectivity index (χ4n) is 1.68. The van der Waals surface area contributed by atoms with Gasteiger partial charge in [0.1, 0.15) is 0 Å². The van der Waals surface area contributed by atoms with Crippen LogP contribution in [0.1, 0.15) is 26.3 Å². The van der Waals surface area contributed by atoms with Crippen LogP contribution < -0.4 is 10.6 Å². The first-order valence-electron chi connectivity index (χ1n) is 5.79. The van der Waals surface area contributed by atoms with Crippen molar-refractivity contribution < 1.29 is 8.78 Å². The van der Waals surface area contributed by atoms with Crippen molar-refractivity contribution in [1.29, 1.82) is 0 Å². The molecule has 1 rings (SSSR count). The van der Waals surface area contributed by atoms with Gasteiger partial charge in [0.05, 0.1) is 5.69 Å². The summed E-state index contributed by atoms with van der Waals surface area (Å²) in [6.07, 6.45) is 0. The molecule has 2 nitrogen and oxygen atoms in total. The van der Waals surface area contributed by atoms with Crippen molar-refractivity contribution in [2.75, 3.05) is 11.9 Å². The molecule has 1 atom stereocenters. The minimum atomic E-state index is -0.840. The highest BCUT2D eigenvalue weighted by Crippen LogP contribution is 2.26. The molecular weight excluding hydrogens is 222 g/mol. The van der Waals surface area contributed by atoms with E-state index in [0.717, 1.165) is 0 Å². The minimum Gasteiger partial charge on any atom is -0.369 e. The van der Waals surface area contributed by atoms with E-state index in [9.17, 15) is 8.78 Å². The number of hydrogen-bond acceptors (Lipinski definition) is 2. The maximum Gasteiger partial charge on any atom is 0.182 e. The number of hydrogen-bond donors (Lipinski definition) is 1. The largest absolute Gasteiger partial charge is 0.369 e. The molecule has 96 valence electrons. The molecule has 0 saturated carbocycles. The molecule has 0 aliphatic carbocycles. The fraction of sp³-hybridized carbons (Fsp3) is 0.538. The first-order chi connectivity index (χ1) is 7.90. The van der Waals surface area contributed by atoms with Crippen LogP contribution in [0, 0.1) is 17.6 Å². The first kappa shape index (κ1) is 13.9. The van der Waals surface area contributed by atoms with Gasteiger partial charge in [-0.05, 0) is 18.9 Å². The molecule has 0 aromatic heterocycles. The van der Waals surface area contributed by atoms with Crippen LogP contribution in [0.2, 0.25) is 0 Å². The third-order valence-corrected chi connectivity index (χ3v) is 3.32. The molecule has 0 fully saturated rings. The smallest absolute Gasteiger partial charge is 0.182 e. The van der Waals surface area contributed by atoms with Gasteiger partial charge in [-0.25, -0.2) is 8.78 Å². The van der Waals surface area contributed by atoms with Crippen molar-refractivity contribution in [1.82, 2.24) is 0 Å². The highest BCUT2D eigenvalue weighted by Gasteiger charge is 2.20. The summed E-state index contributed by atoms with van der Waals surface area (Å²) in [7, 11) is 1.77. The van der Waals surface area contributed by atoms with Gasteiger partial charge in [-0.1, -0.05) is 19.9 Å². The monoisotopic (exact) mass is 242 g/mol. The normalized spacial score (nSPS) is 12.9. The molecule has 0 bridgehead atoms. The SMILES string of the molecule is CC(C)C(C)N(C)c1ccc(CN)c(F)c1F. The summed E-state index contributed by atoms with van der Waals surface area (Å²) in [6.45, 7) is 6.08. The number of nitrogens with two attached hydrogens (primary N) is 1. The zero-order valence-corrected chi connectivity index (χ0v) is 10.8. The van der Waals surface area contributed by atoms with E-state index in [4.69, 9.17) is 5.73 Å². The van der Waals surface area contributed by atoms with E-state index in [-0.39, 0.29) is 23.8 Å². The Bertz CT molecular complexity index is 391. The number of nitrogens with zero attached hydrogens (tertiary/aromatic N) is 1.